The van der Waals surface area contributed by atoms with Crippen molar-refractivity contribution in [2.45, 2.75) is 6.61 Å². The second-order valence-corrected chi connectivity index (χ2v) is 3.97. The largest absolute Gasteiger partial charge is 0.508 e. The molecule has 0 aliphatic rings. The van der Waals surface area contributed by atoms with E-state index in [0.717, 1.165) is 5.56 Å². The van der Waals surface area contributed by atoms with Gasteiger partial charge in [0.05, 0.1) is 0 Å². The average Bonchev–Trinajstić information content (AvgIpc) is 2.27. The molecule has 88 valence electrons. The first-order valence-corrected chi connectivity index (χ1v) is 5.42. The highest BCUT2D eigenvalue weighted by Gasteiger charge is 2.03. The lowest BCUT2D eigenvalue weighted by atomic mass is 10.2. The predicted molar refractivity (Wildman–Crippen MR) is 65.6 cm³/mol. The van der Waals surface area contributed by atoms with E-state index in [1.54, 1.807) is 6.07 Å². The van der Waals surface area contributed by atoms with E-state index in [4.69, 9.17) is 16.3 Å². The first-order chi connectivity index (χ1) is 8.15. The van der Waals surface area contributed by atoms with Crippen LogP contribution in [0.5, 0.6) is 17.2 Å². The van der Waals surface area contributed by atoms with Gasteiger partial charge in [-0.1, -0.05) is 29.8 Å². The number of benzene rings is 2. The summed E-state index contributed by atoms with van der Waals surface area (Å²) in [5.41, 5.74) is 0.844. The number of hydrogen-bond donors (Lipinski definition) is 2. The van der Waals surface area contributed by atoms with Gasteiger partial charge in [-0.05, 0) is 6.07 Å². The highest BCUT2D eigenvalue weighted by Crippen LogP contribution is 2.27. The van der Waals surface area contributed by atoms with Crippen LogP contribution in [-0.4, -0.2) is 10.2 Å². The fourth-order valence-corrected chi connectivity index (χ4v) is 1.62. The summed E-state index contributed by atoms with van der Waals surface area (Å²) in [6, 6.07) is 11.4. The summed E-state index contributed by atoms with van der Waals surface area (Å²) in [4.78, 5) is 0. The Bertz CT molecular complexity index is 506. The van der Waals surface area contributed by atoms with Gasteiger partial charge in [-0.3, -0.25) is 0 Å². The SMILES string of the molecule is Oc1cc(O)cc(OCc2ccccc2Cl)c1. The summed E-state index contributed by atoms with van der Waals surface area (Å²) in [5, 5.41) is 19.2. The van der Waals surface area contributed by atoms with Crippen molar-refractivity contribution in [3.63, 3.8) is 0 Å². The van der Waals surface area contributed by atoms with Crippen LogP contribution in [0.4, 0.5) is 0 Å². The zero-order valence-electron chi connectivity index (χ0n) is 8.93. The maximum atomic E-state index is 9.28. The van der Waals surface area contributed by atoms with E-state index in [9.17, 15) is 10.2 Å². The lowest BCUT2D eigenvalue weighted by molar-refractivity contribution is 0.302. The van der Waals surface area contributed by atoms with E-state index >= 15 is 0 Å². The van der Waals surface area contributed by atoms with E-state index in [2.05, 4.69) is 0 Å². The van der Waals surface area contributed by atoms with Crippen molar-refractivity contribution in [2.24, 2.45) is 0 Å². The fraction of sp³-hybridized carbons (Fsp3) is 0.0769. The molecule has 0 aromatic heterocycles. The van der Waals surface area contributed by atoms with Gasteiger partial charge < -0.3 is 14.9 Å². The van der Waals surface area contributed by atoms with E-state index < -0.39 is 0 Å². The van der Waals surface area contributed by atoms with Gasteiger partial charge in [-0.2, -0.15) is 0 Å². The van der Waals surface area contributed by atoms with Crippen molar-refractivity contribution in [1.82, 2.24) is 0 Å². The van der Waals surface area contributed by atoms with Crippen LogP contribution in [0, 0.1) is 0 Å². The summed E-state index contributed by atoms with van der Waals surface area (Å²) < 4.78 is 5.43. The molecule has 0 spiro atoms. The smallest absolute Gasteiger partial charge is 0.127 e. The van der Waals surface area contributed by atoms with Crippen LogP contribution < -0.4 is 4.74 Å². The van der Waals surface area contributed by atoms with E-state index in [0.29, 0.717) is 10.8 Å². The molecular weight excluding hydrogens is 240 g/mol. The summed E-state index contributed by atoms with van der Waals surface area (Å²) >= 11 is 5.97. The third kappa shape index (κ3) is 3.04. The van der Waals surface area contributed by atoms with Crippen LogP contribution in [0.25, 0.3) is 0 Å². The number of hydrogen-bond acceptors (Lipinski definition) is 3. The number of halogens is 1. The molecule has 0 radical (unpaired) electrons. The number of rotatable bonds is 3. The molecule has 0 bridgehead atoms. The molecule has 0 saturated carbocycles. The van der Waals surface area contributed by atoms with Gasteiger partial charge >= 0.3 is 0 Å². The normalized spacial score (nSPS) is 10.2. The Morgan fingerprint density at radius 2 is 1.65 bits per heavy atom. The lowest BCUT2D eigenvalue weighted by Gasteiger charge is -2.08. The molecule has 17 heavy (non-hydrogen) atoms. The molecule has 0 aliphatic heterocycles. The van der Waals surface area contributed by atoms with Gasteiger partial charge in [0.2, 0.25) is 0 Å². The van der Waals surface area contributed by atoms with Gasteiger partial charge in [-0.15, -0.1) is 0 Å². The molecule has 2 aromatic carbocycles. The van der Waals surface area contributed by atoms with E-state index in [1.165, 1.54) is 18.2 Å². The van der Waals surface area contributed by atoms with Gasteiger partial charge in [0.1, 0.15) is 23.9 Å². The third-order valence-electron chi connectivity index (χ3n) is 2.23. The van der Waals surface area contributed by atoms with E-state index in [1.807, 2.05) is 18.2 Å². The zero-order valence-corrected chi connectivity index (χ0v) is 9.69. The minimum absolute atomic E-state index is 0.0424. The van der Waals surface area contributed by atoms with Crippen molar-refractivity contribution >= 4 is 11.6 Å². The van der Waals surface area contributed by atoms with Crippen LogP contribution >= 0.6 is 11.6 Å². The molecule has 0 atom stereocenters. The van der Waals surface area contributed by atoms with Gasteiger partial charge in [0.15, 0.2) is 0 Å². The predicted octanol–water partition coefficient (Wildman–Crippen LogP) is 3.33. The Labute approximate surface area is 104 Å². The zero-order chi connectivity index (χ0) is 12.3. The minimum Gasteiger partial charge on any atom is -0.508 e. The molecule has 0 amide bonds. The fourth-order valence-electron chi connectivity index (χ4n) is 1.43. The molecule has 0 saturated heterocycles. The number of ether oxygens (including phenoxy) is 1. The second kappa shape index (κ2) is 4.97. The first-order valence-electron chi connectivity index (χ1n) is 5.04. The Morgan fingerprint density at radius 3 is 2.29 bits per heavy atom. The Balaban J connectivity index is 2.10. The maximum Gasteiger partial charge on any atom is 0.127 e. The molecule has 2 rings (SSSR count). The van der Waals surface area contributed by atoms with Crippen molar-refractivity contribution in [3.05, 3.63) is 53.1 Å². The number of phenolic OH excluding ortho intramolecular Hbond substituents is 2. The molecule has 0 aliphatic carbocycles. The highest BCUT2D eigenvalue weighted by atomic mass is 35.5. The average molecular weight is 251 g/mol. The van der Waals surface area contributed by atoms with Crippen LogP contribution in [-0.2, 0) is 6.61 Å². The van der Waals surface area contributed by atoms with Crippen molar-refractivity contribution in [1.29, 1.82) is 0 Å². The summed E-state index contributed by atoms with van der Waals surface area (Å²) in [7, 11) is 0. The van der Waals surface area contributed by atoms with Gasteiger partial charge in [0.25, 0.3) is 0 Å². The molecule has 0 unspecified atom stereocenters. The van der Waals surface area contributed by atoms with Gasteiger partial charge in [0, 0.05) is 28.8 Å². The Kier molecular flexibility index (Phi) is 3.40. The molecule has 3 nitrogen and oxygen atoms in total. The second-order valence-electron chi connectivity index (χ2n) is 3.57. The van der Waals surface area contributed by atoms with Crippen molar-refractivity contribution in [3.8, 4) is 17.2 Å². The van der Waals surface area contributed by atoms with Crippen molar-refractivity contribution in [2.75, 3.05) is 0 Å². The molecule has 2 aromatic rings. The Hall–Kier alpha value is -1.87. The highest BCUT2D eigenvalue weighted by molar-refractivity contribution is 6.31. The number of phenols is 2. The standard InChI is InChI=1S/C13H11ClO3/c14-13-4-2-1-3-9(13)8-17-12-6-10(15)5-11(16)7-12/h1-7,15-16H,8H2. The summed E-state index contributed by atoms with van der Waals surface area (Å²) in [5.74, 6) is 0.306. The molecule has 2 N–H and O–H groups in total. The minimum atomic E-state index is -0.0424. The summed E-state index contributed by atoms with van der Waals surface area (Å²) in [6.07, 6.45) is 0. The lowest BCUT2D eigenvalue weighted by Crippen LogP contribution is -1.95. The van der Waals surface area contributed by atoms with Gasteiger partial charge in [-0.25, -0.2) is 0 Å². The van der Waals surface area contributed by atoms with E-state index in [-0.39, 0.29) is 18.1 Å². The van der Waals surface area contributed by atoms with Crippen LogP contribution in [0.15, 0.2) is 42.5 Å². The number of aromatic hydroxyl groups is 2. The first kappa shape index (κ1) is 11.6. The van der Waals surface area contributed by atoms with Crippen LogP contribution in [0.1, 0.15) is 5.56 Å². The maximum absolute atomic E-state index is 9.28. The van der Waals surface area contributed by atoms with Crippen LogP contribution in [0.2, 0.25) is 5.02 Å². The van der Waals surface area contributed by atoms with Crippen molar-refractivity contribution < 1.29 is 14.9 Å². The summed E-state index contributed by atoms with van der Waals surface area (Å²) in [6.45, 7) is 0.280. The molecular formula is C13H11ClO3. The Morgan fingerprint density at radius 1 is 1.00 bits per heavy atom. The third-order valence-corrected chi connectivity index (χ3v) is 2.60. The monoisotopic (exact) mass is 250 g/mol. The molecule has 4 heteroatoms. The quantitative estimate of drug-likeness (QED) is 0.879. The molecule has 0 heterocycles. The topological polar surface area (TPSA) is 49.7 Å². The van der Waals surface area contributed by atoms with Crippen LogP contribution in [0.3, 0.4) is 0 Å². The molecule has 0 fully saturated rings.